The molecule has 0 N–H and O–H groups in total. The second-order valence-electron chi connectivity index (χ2n) is 6.74. The van der Waals surface area contributed by atoms with Crippen molar-refractivity contribution in [2.45, 2.75) is 0 Å². The Balaban J connectivity index is 1.22. The third-order valence-electron chi connectivity index (χ3n) is 5.07. The summed E-state index contributed by atoms with van der Waals surface area (Å²) in [5, 5.41) is 0. The summed E-state index contributed by atoms with van der Waals surface area (Å²) >= 11 is 0. The fraction of sp³-hybridized carbons (Fsp3) is 0.500. The minimum Gasteiger partial charge on any atom is -0.352 e. The largest absolute Gasteiger partial charge is 0.352 e. The van der Waals surface area contributed by atoms with Crippen LogP contribution in [0.3, 0.4) is 0 Å². The van der Waals surface area contributed by atoms with Crippen molar-refractivity contribution >= 4 is 17.7 Å². The number of piperazine rings is 2. The molecule has 0 atom stereocenters. The maximum Gasteiger partial charge on any atom is 0.236 e. The van der Waals surface area contributed by atoms with Gasteiger partial charge in [-0.3, -0.25) is 14.7 Å². The lowest BCUT2D eigenvalue weighted by molar-refractivity contribution is -0.132. The first-order valence-electron chi connectivity index (χ1n) is 9.33. The van der Waals surface area contributed by atoms with Gasteiger partial charge in [0.05, 0.1) is 12.7 Å². The molecule has 0 spiro atoms. The summed E-state index contributed by atoms with van der Waals surface area (Å²) in [7, 11) is 0. The average molecular weight is 368 g/mol. The Kier molecular flexibility index (Phi) is 5.38. The van der Waals surface area contributed by atoms with Crippen molar-refractivity contribution in [2.75, 3.05) is 68.7 Å². The lowest BCUT2D eigenvalue weighted by atomic mass is 10.2. The molecule has 9 heteroatoms. The molecule has 4 rings (SSSR count). The van der Waals surface area contributed by atoms with Gasteiger partial charge in [0.15, 0.2) is 0 Å². The molecular weight excluding hydrogens is 344 g/mol. The number of nitrogens with zero attached hydrogens (tertiary/aromatic N) is 8. The molecule has 4 heterocycles. The van der Waals surface area contributed by atoms with Crippen LogP contribution in [-0.4, -0.2) is 94.5 Å². The summed E-state index contributed by atoms with van der Waals surface area (Å²) in [6, 6.07) is 1.82. The summed E-state index contributed by atoms with van der Waals surface area (Å²) in [5.41, 5.74) is 0. The van der Waals surface area contributed by atoms with E-state index in [4.69, 9.17) is 0 Å². The van der Waals surface area contributed by atoms with E-state index in [-0.39, 0.29) is 5.91 Å². The number of aromatic nitrogens is 4. The van der Waals surface area contributed by atoms with Gasteiger partial charge in [-0.25, -0.2) is 15.0 Å². The lowest BCUT2D eigenvalue weighted by Gasteiger charge is -2.38. The number of anilines is 2. The first-order valence-corrected chi connectivity index (χ1v) is 9.33. The van der Waals surface area contributed by atoms with Gasteiger partial charge in [-0.15, -0.1) is 0 Å². The summed E-state index contributed by atoms with van der Waals surface area (Å²) < 4.78 is 0. The number of rotatable bonds is 4. The Hall–Kier alpha value is -2.81. The predicted octanol–water partition coefficient (Wildman–Crippen LogP) is -0.263. The van der Waals surface area contributed by atoms with Crippen LogP contribution in [0.5, 0.6) is 0 Å². The summed E-state index contributed by atoms with van der Waals surface area (Å²) in [5.74, 6) is 1.85. The van der Waals surface area contributed by atoms with Gasteiger partial charge in [-0.05, 0) is 6.07 Å². The molecule has 2 saturated heterocycles. The molecule has 142 valence electrons. The molecule has 0 bridgehead atoms. The maximum absolute atomic E-state index is 12.7. The van der Waals surface area contributed by atoms with Crippen LogP contribution in [-0.2, 0) is 4.79 Å². The van der Waals surface area contributed by atoms with E-state index in [9.17, 15) is 4.79 Å². The van der Waals surface area contributed by atoms with Gasteiger partial charge in [-0.2, -0.15) is 0 Å². The highest BCUT2D eigenvalue weighted by Gasteiger charge is 2.25. The molecule has 0 saturated carbocycles. The fourth-order valence-corrected chi connectivity index (χ4v) is 3.49. The van der Waals surface area contributed by atoms with Crippen molar-refractivity contribution in [3.63, 3.8) is 0 Å². The third kappa shape index (κ3) is 4.30. The summed E-state index contributed by atoms with van der Waals surface area (Å²) in [6.45, 7) is 6.92. The molecule has 2 aromatic heterocycles. The minimum absolute atomic E-state index is 0.207. The van der Waals surface area contributed by atoms with Gasteiger partial charge in [0.25, 0.3) is 0 Å². The van der Waals surface area contributed by atoms with E-state index < -0.39 is 0 Å². The zero-order valence-electron chi connectivity index (χ0n) is 15.3. The van der Waals surface area contributed by atoms with Crippen molar-refractivity contribution in [2.24, 2.45) is 0 Å². The van der Waals surface area contributed by atoms with Gasteiger partial charge in [0, 0.05) is 77.1 Å². The molecule has 0 unspecified atom stereocenters. The van der Waals surface area contributed by atoms with E-state index in [0.29, 0.717) is 6.54 Å². The van der Waals surface area contributed by atoms with Gasteiger partial charge in [-0.1, -0.05) is 0 Å². The fourth-order valence-electron chi connectivity index (χ4n) is 3.49. The molecule has 0 radical (unpaired) electrons. The van der Waals surface area contributed by atoms with Crippen molar-refractivity contribution in [1.82, 2.24) is 29.7 Å². The van der Waals surface area contributed by atoms with Crippen LogP contribution < -0.4 is 9.80 Å². The van der Waals surface area contributed by atoms with Gasteiger partial charge >= 0.3 is 0 Å². The van der Waals surface area contributed by atoms with E-state index in [0.717, 1.165) is 64.1 Å². The maximum atomic E-state index is 12.7. The first-order chi connectivity index (χ1) is 13.3. The van der Waals surface area contributed by atoms with E-state index in [2.05, 4.69) is 34.6 Å². The Morgan fingerprint density at radius 3 is 2.19 bits per heavy atom. The number of carbonyl (C=O) groups excluding carboxylic acids is 1. The zero-order chi connectivity index (χ0) is 18.5. The van der Waals surface area contributed by atoms with Crippen LogP contribution in [0.2, 0.25) is 0 Å². The molecule has 2 fully saturated rings. The Morgan fingerprint density at radius 1 is 0.815 bits per heavy atom. The van der Waals surface area contributed by atoms with Crippen molar-refractivity contribution < 1.29 is 4.79 Å². The highest BCUT2D eigenvalue weighted by molar-refractivity contribution is 5.78. The number of carbonyl (C=O) groups is 1. The van der Waals surface area contributed by atoms with E-state index in [1.54, 1.807) is 31.0 Å². The summed E-state index contributed by atoms with van der Waals surface area (Å²) in [4.78, 5) is 38.2. The van der Waals surface area contributed by atoms with Crippen LogP contribution in [0.15, 0.2) is 37.1 Å². The highest BCUT2D eigenvalue weighted by atomic mass is 16.2. The van der Waals surface area contributed by atoms with Crippen molar-refractivity contribution in [3.05, 3.63) is 37.1 Å². The van der Waals surface area contributed by atoms with E-state index in [1.165, 1.54) is 0 Å². The molecule has 0 aromatic carbocycles. The highest BCUT2D eigenvalue weighted by Crippen LogP contribution is 2.13. The smallest absolute Gasteiger partial charge is 0.236 e. The van der Waals surface area contributed by atoms with E-state index in [1.807, 2.05) is 11.0 Å². The third-order valence-corrected chi connectivity index (χ3v) is 5.07. The van der Waals surface area contributed by atoms with Crippen LogP contribution in [0.4, 0.5) is 11.8 Å². The van der Waals surface area contributed by atoms with Crippen LogP contribution in [0, 0.1) is 0 Å². The molecule has 0 aliphatic carbocycles. The Morgan fingerprint density at radius 2 is 1.52 bits per heavy atom. The molecule has 2 aliphatic heterocycles. The van der Waals surface area contributed by atoms with Crippen molar-refractivity contribution in [3.8, 4) is 0 Å². The van der Waals surface area contributed by atoms with Gasteiger partial charge < -0.3 is 14.7 Å². The van der Waals surface area contributed by atoms with Gasteiger partial charge in [0.2, 0.25) is 11.9 Å². The first kappa shape index (κ1) is 17.6. The monoisotopic (exact) mass is 368 g/mol. The quantitative estimate of drug-likeness (QED) is 0.730. The normalized spacial score (nSPS) is 18.6. The van der Waals surface area contributed by atoms with Crippen LogP contribution in [0.1, 0.15) is 0 Å². The summed E-state index contributed by atoms with van der Waals surface area (Å²) in [6.07, 6.45) is 8.67. The number of hydrogen-bond donors (Lipinski definition) is 0. The second-order valence-corrected chi connectivity index (χ2v) is 6.74. The predicted molar refractivity (Wildman–Crippen MR) is 102 cm³/mol. The SMILES string of the molecule is O=C(CN1CCN(c2ncccn2)CC1)N1CCN(c2cnccn2)CC1. The Bertz CT molecular complexity index is 728. The standard InChI is InChI=1S/C18H24N8O/c27-17(25-12-10-24(11-13-25)16-14-19-4-5-20-16)15-23-6-8-26(9-7-23)18-21-2-1-3-22-18/h1-5,14H,6-13,15H2. The minimum atomic E-state index is 0.207. The molecule has 1 amide bonds. The molecule has 27 heavy (non-hydrogen) atoms. The van der Waals surface area contributed by atoms with Crippen LogP contribution in [0.25, 0.3) is 0 Å². The molecular formula is C18H24N8O. The average Bonchev–Trinajstić information content (AvgIpc) is 2.76. The van der Waals surface area contributed by atoms with Gasteiger partial charge in [0.1, 0.15) is 5.82 Å². The number of amides is 1. The Labute approximate surface area is 158 Å². The molecule has 2 aromatic rings. The topological polar surface area (TPSA) is 81.6 Å². The van der Waals surface area contributed by atoms with E-state index >= 15 is 0 Å². The zero-order valence-corrected chi connectivity index (χ0v) is 15.3. The number of hydrogen-bond acceptors (Lipinski definition) is 8. The molecule has 9 nitrogen and oxygen atoms in total. The van der Waals surface area contributed by atoms with Crippen molar-refractivity contribution in [1.29, 1.82) is 0 Å². The second kappa shape index (κ2) is 8.26. The lowest BCUT2D eigenvalue weighted by Crippen LogP contribution is -2.54. The molecule has 2 aliphatic rings. The van der Waals surface area contributed by atoms with Crippen LogP contribution >= 0.6 is 0 Å².